The Kier molecular flexibility index (Phi) is 4.39. The maximum atomic E-state index is 12.1. The van der Waals surface area contributed by atoms with Gasteiger partial charge in [-0.2, -0.15) is 0 Å². The Hall–Kier alpha value is -1.88. The molecule has 5 heteroatoms. The van der Waals surface area contributed by atoms with E-state index in [1.807, 2.05) is 19.1 Å². The van der Waals surface area contributed by atoms with E-state index in [-0.39, 0.29) is 12.5 Å². The minimum atomic E-state index is -0.906. The SMILES string of the molecule is Cc1ccccc1C(=O)NCC1(C(=O)O)CCOCC1. The predicted molar refractivity (Wildman–Crippen MR) is 73.6 cm³/mol. The molecule has 1 amide bonds. The molecule has 1 aromatic carbocycles. The van der Waals surface area contributed by atoms with Crippen LogP contribution in [-0.2, 0) is 9.53 Å². The van der Waals surface area contributed by atoms with Crippen LogP contribution < -0.4 is 5.32 Å². The molecule has 1 aromatic rings. The summed E-state index contributed by atoms with van der Waals surface area (Å²) in [6.07, 6.45) is 0.854. The van der Waals surface area contributed by atoms with E-state index >= 15 is 0 Å². The number of ether oxygens (including phenoxy) is 1. The Morgan fingerprint density at radius 2 is 1.95 bits per heavy atom. The van der Waals surface area contributed by atoms with E-state index in [4.69, 9.17) is 4.74 Å². The van der Waals surface area contributed by atoms with E-state index in [0.717, 1.165) is 5.56 Å². The van der Waals surface area contributed by atoms with Gasteiger partial charge in [0.05, 0.1) is 5.41 Å². The highest BCUT2D eigenvalue weighted by Crippen LogP contribution is 2.30. The fraction of sp³-hybridized carbons (Fsp3) is 0.467. The zero-order valence-electron chi connectivity index (χ0n) is 11.5. The Bertz CT molecular complexity index is 506. The summed E-state index contributed by atoms with van der Waals surface area (Å²) in [6, 6.07) is 7.26. The molecule has 2 rings (SSSR count). The molecule has 1 saturated heterocycles. The molecule has 1 aliphatic rings. The Labute approximate surface area is 117 Å². The van der Waals surface area contributed by atoms with Crippen molar-refractivity contribution in [1.29, 1.82) is 0 Å². The first-order valence-electron chi connectivity index (χ1n) is 6.70. The third-order valence-corrected chi connectivity index (χ3v) is 3.88. The van der Waals surface area contributed by atoms with Gasteiger partial charge in [-0.3, -0.25) is 9.59 Å². The lowest BCUT2D eigenvalue weighted by molar-refractivity contribution is -0.154. The first kappa shape index (κ1) is 14.5. The van der Waals surface area contributed by atoms with Gasteiger partial charge >= 0.3 is 5.97 Å². The van der Waals surface area contributed by atoms with Gasteiger partial charge in [-0.25, -0.2) is 0 Å². The lowest BCUT2D eigenvalue weighted by Crippen LogP contribution is -2.46. The number of carbonyl (C=O) groups is 2. The highest BCUT2D eigenvalue weighted by Gasteiger charge is 2.40. The summed E-state index contributed by atoms with van der Waals surface area (Å²) >= 11 is 0. The zero-order chi connectivity index (χ0) is 14.6. The topological polar surface area (TPSA) is 75.6 Å². The summed E-state index contributed by atoms with van der Waals surface area (Å²) in [5.41, 5.74) is 0.554. The molecular weight excluding hydrogens is 258 g/mol. The van der Waals surface area contributed by atoms with Crippen LogP contribution in [-0.4, -0.2) is 36.7 Å². The molecule has 2 N–H and O–H groups in total. The van der Waals surface area contributed by atoms with Gasteiger partial charge in [-0.1, -0.05) is 18.2 Å². The first-order chi connectivity index (χ1) is 9.55. The number of rotatable bonds is 4. The number of nitrogens with one attached hydrogen (secondary N) is 1. The van der Waals surface area contributed by atoms with Crippen molar-refractivity contribution in [3.63, 3.8) is 0 Å². The van der Waals surface area contributed by atoms with Crippen molar-refractivity contribution in [1.82, 2.24) is 5.32 Å². The molecule has 1 heterocycles. The van der Waals surface area contributed by atoms with E-state index < -0.39 is 11.4 Å². The molecule has 0 atom stereocenters. The Morgan fingerprint density at radius 3 is 2.55 bits per heavy atom. The van der Waals surface area contributed by atoms with Crippen molar-refractivity contribution in [2.45, 2.75) is 19.8 Å². The third-order valence-electron chi connectivity index (χ3n) is 3.88. The second-order valence-corrected chi connectivity index (χ2v) is 5.20. The van der Waals surface area contributed by atoms with E-state index in [0.29, 0.717) is 31.6 Å². The van der Waals surface area contributed by atoms with Crippen LogP contribution in [0.3, 0.4) is 0 Å². The number of hydrogen-bond acceptors (Lipinski definition) is 3. The highest BCUT2D eigenvalue weighted by atomic mass is 16.5. The van der Waals surface area contributed by atoms with Crippen LogP contribution in [0.2, 0.25) is 0 Å². The standard InChI is InChI=1S/C15H19NO4/c1-11-4-2-3-5-12(11)13(17)16-10-15(14(18)19)6-8-20-9-7-15/h2-5H,6-10H2,1H3,(H,16,17)(H,18,19). The van der Waals surface area contributed by atoms with Crippen LogP contribution in [0.1, 0.15) is 28.8 Å². The third kappa shape index (κ3) is 2.99. The van der Waals surface area contributed by atoms with Gasteiger partial charge in [0, 0.05) is 25.3 Å². The number of hydrogen-bond donors (Lipinski definition) is 2. The molecule has 1 fully saturated rings. The maximum absolute atomic E-state index is 12.1. The minimum Gasteiger partial charge on any atom is -0.481 e. The van der Waals surface area contributed by atoms with E-state index in [1.165, 1.54) is 0 Å². The summed E-state index contributed by atoms with van der Waals surface area (Å²) in [6.45, 7) is 2.84. The second kappa shape index (κ2) is 6.05. The number of carboxylic acids is 1. The Morgan fingerprint density at radius 1 is 1.30 bits per heavy atom. The van der Waals surface area contributed by atoms with Gasteiger partial charge in [-0.15, -0.1) is 0 Å². The van der Waals surface area contributed by atoms with Gasteiger partial charge in [0.25, 0.3) is 5.91 Å². The van der Waals surface area contributed by atoms with Crippen molar-refractivity contribution in [3.8, 4) is 0 Å². The quantitative estimate of drug-likeness (QED) is 0.876. The summed E-state index contributed by atoms with van der Waals surface area (Å²) in [7, 11) is 0. The molecule has 0 spiro atoms. The average molecular weight is 277 g/mol. The lowest BCUT2D eigenvalue weighted by atomic mass is 9.80. The van der Waals surface area contributed by atoms with Crippen molar-refractivity contribution >= 4 is 11.9 Å². The van der Waals surface area contributed by atoms with Crippen LogP contribution in [0.5, 0.6) is 0 Å². The predicted octanol–water partition coefficient (Wildman–Crippen LogP) is 1.61. The van der Waals surface area contributed by atoms with Gasteiger partial charge in [-0.05, 0) is 31.4 Å². The number of carboxylic acid groups (broad SMARTS) is 1. The van der Waals surface area contributed by atoms with Crippen molar-refractivity contribution in [2.24, 2.45) is 5.41 Å². The van der Waals surface area contributed by atoms with Crippen molar-refractivity contribution in [2.75, 3.05) is 19.8 Å². The first-order valence-corrected chi connectivity index (χ1v) is 6.70. The van der Waals surface area contributed by atoms with Crippen molar-refractivity contribution < 1.29 is 19.4 Å². The van der Waals surface area contributed by atoms with E-state index in [2.05, 4.69) is 5.32 Å². The van der Waals surface area contributed by atoms with E-state index in [9.17, 15) is 14.7 Å². The summed E-state index contributed by atoms with van der Waals surface area (Å²) < 4.78 is 5.21. The summed E-state index contributed by atoms with van der Waals surface area (Å²) in [5.74, 6) is -1.10. The summed E-state index contributed by atoms with van der Waals surface area (Å²) in [5, 5.41) is 12.2. The van der Waals surface area contributed by atoms with Gasteiger partial charge in [0.1, 0.15) is 0 Å². The number of benzene rings is 1. The fourth-order valence-corrected chi connectivity index (χ4v) is 2.40. The monoisotopic (exact) mass is 277 g/mol. The summed E-state index contributed by atoms with van der Waals surface area (Å²) in [4.78, 5) is 23.6. The van der Waals surface area contributed by atoms with Gasteiger partial charge in [0.15, 0.2) is 0 Å². The molecule has 0 bridgehead atoms. The van der Waals surface area contributed by atoms with Crippen LogP contribution in [0.4, 0.5) is 0 Å². The molecular formula is C15H19NO4. The van der Waals surface area contributed by atoms with Gasteiger partial charge in [0.2, 0.25) is 0 Å². The van der Waals surface area contributed by atoms with Crippen LogP contribution in [0.15, 0.2) is 24.3 Å². The number of carbonyl (C=O) groups excluding carboxylic acids is 1. The van der Waals surface area contributed by atoms with Crippen LogP contribution in [0.25, 0.3) is 0 Å². The zero-order valence-corrected chi connectivity index (χ0v) is 11.5. The number of aliphatic carboxylic acids is 1. The van der Waals surface area contributed by atoms with Crippen molar-refractivity contribution in [3.05, 3.63) is 35.4 Å². The molecule has 5 nitrogen and oxygen atoms in total. The molecule has 0 unspecified atom stereocenters. The maximum Gasteiger partial charge on any atom is 0.311 e. The average Bonchev–Trinajstić information content (AvgIpc) is 2.46. The molecule has 108 valence electrons. The molecule has 0 radical (unpaired) electrons. The molecule has 20 heavy (non-hydrogen) atoms. The highest BCUT2D eigenvalue weighted by molar-refractivity contribution is 5.95. The van der Waals surface area contributed by atoms with Gasteiger partial charge < -0.3 is 15.2 Å². The lowest BCUT2D eigenvalue weighted by Gasteiger charge is -2.33. The van der Waals surface area contributed by atoms with Crippen LogP contribution >= 0.6 is 0 Å². The molecule has 0 aliphatic carbocycles. The normalized spacial score (nSPS) is 17.4. The number of aryl methyl sites for hydroxylation is 1. The van der Waals surface area contributed by atoms with E-state index in [1.54, 1.807) is 12.1 Å². The fourth-order valence-electron chi connectivity index (χ4n) is 2.40. The second-order valence-electron chi connectivity index (χ2n) is 5.20. The molecule has 0 aromatic heterocycles. The largest absolute Gasteiger partial charge is 0.481 e. The minimum absolute atomic E-state index is 0.138. The smallest absolute Gasteiger partial charge is 0.311 e. The number of amides is 1. The Balaban J connectivity index is 2.05. The molecule has 1 aliphatic heterocycles. The molecule has 0 saturated carbocycles. The van der Waals surface area contributed by atoms with Crippen LogP contribution in [0, 0.1) is 12.3 Å².